The first-order valence-electron chi connectivity index (χ1n) is 12.7. The van der Waals surface area contributed by atoms with E-state index < -0.39 is 9.84 Å². The number of nitrogens with zero attached hydrogens (tertiary/aromatic N) is 3. The number of carbonyl (C=O) groups is 1. The topological polar surface area (TPSA) is 98.6 Å². The predicted molar refractivity (Wildman–Crippen MR) is 148 cm³/mol. The van der Waals surface area contributed by atoms with E-state index in [-0.39, 0.29) is 34.8 Å². The van der Waals surface area contributed by atoms with Crippen molar-refractivity contribution in [2.75, 3.05) is 30.4 Å². The molecule has 1 aliphatic heterocycles. The van der Waals surface area contributed by atoms with Gasteiger partial charge in [-0.2, -0.15) is 0 Å². The van der Waals surface area contributed by atoms with E-state index in [4.69, 9.17) is 9.72 Å². The molecule has 3 aromatic rings. The first kappa shape index (κ1) is 26.2. The van der Waals surface area contributed by atoms with Crippen LogP contribution in [0.25, 0.3) is 15.9 Å². The van der Waals surface area contributed by atoms with Crippen molar-refractivity contribution in [3.63, 3.8) is 0 Å². The lowest BCUT2D eigenvalue weighted by atomic mass is 9.97. The van der Waals surface area contributed by atoms with Crippen LogP contribution in [0.4, 0.5) is 0 Å². The molecule has 198 valence electrons. The lowest BCUT2D eigenvalue weighted by molar-refractivity contribution is -0.129. The Morgan fingerprint density at radius 3 is 2.65 bits per heavy atom. The number of sulfone groups is 1. The molecule has 1 aliphatic carbocycles. The zero-order valence-electron chi connectivity index (χ0n) is 21.1. The van der Waals surface area contributed by atoms with Gasteiger partial charge >= 0.3 is 0 Å². The normalized spacial score (nSPS) is 18.6. The van der Waals surface area contributed by atoms with Gasteiger partial charge in [-0.15, -0.1) is 11.3 Å². The van der Waals surface area contributed by atoms with Crippen molar-refractivity contribution < 1.29 is 17.9 Å². The number of rotatable bonds is 8. The van der Waals surface area contributed by atoms with Gasteiger partial charge in [0.15, 0.2) is 15.0 Å². The van der Waals surface area contributed by atoms with E-state index in [1.54, 1.807) is 20.8 Å². The molecule has 0 N–H and O–H groups in total. The number of thioether (sulfide) groups is 1. The number of hydrogen-bond acceptors (Lipinski definition) is 8. The number of fused-ring (bicyclic) bond motifs is 3. The van der Waals surface area contributed by atoms with Gasteiger partial charge < -0.3 is 9.64 Å². The second-order valence-electron chi connectivity index (χ2n) is 9.38. The van der Waals surface area contributed by atoms with Crippen molar-refractivity contribution in [3.05, 3.63) is 45.1 Å². The number of ether oxygens (including phenoxy) is 1. The Kier molecular flexibility index (Phi) is 7.65. The Hall–Kier alpha value is -2.37. The Bertz CT molecular complexity index is 1480. The van der Waals surface area contributed by atoms with E-state index in [1.165, 1.54) is 16.6 Å². The van der Waals surface area contributed by atoms with Crippen molar-refractivity contribution in [1.82, 2.24) is 14.5 Å². The molecule has 1 aromatic carbocycles. The quantitative estimate of drug-likeness (QED) is 0.304. The molecule has 0 spiro atoms. The highest BCUT2D eigenvalue weighted by atomic mass is 32.2. The number of benzene rings is 1. The number of amides is 1. The zero-order valence-corrected chi connectivity index (χ0v) is 23.5. The van der Waals surface area contributed by atoms with Crippen LogP contribution in [0.5, 0.6) is 5.75 Å². The molecule has 0 unspecified atom stereocenters. The highest BCUT2D eigenvalue weighted by Crippen LogP contribution is 2.35. The van der Waals surface area contributed by atoms with E-state index in [0.29, 0.717) is 35.8 Å². The fourth-order valence-corrected chi connectivity index (χ4v) is 9.17. The number of hydrogen-bond donors (Lipinski definition) is 0. The van der Waals surface area contributed by atoms with Gasteiger partial charge in [-0.1, -0.05) is 11.8 Å². The third-order valence-electron chi connectivity index (χ3n) is 7.00. The van der Waals surface area contributed by atoms with E-state index in [1.807, 2.05) is 38.1 Å². The summed E-state index contributed by atoms with van der Waals surface area (Å²) in [5, 5.41) is 1.15. The highest BCUT2D eigenvalue weighted by Gasteiger charge is 2.34. The Balaban J connectivity index is 1.50. The van der Waals surface area contributed by atoms with Gasteiger partial charge in [0.1, 0.15) is 10.6 Å². The molecule has 0 radical (unpaired) electrons. The van der Waals surface area contributed by atoms with Crippen LogP contribution < -0.4 is 10.3 Å². The maximum Gasteiger partial charge on any atom is 0.267 e. The summed E-state index contributed by atoms with van der Waals surface area (Å²) in [5.74, 6) is 0.778. The molecule has 1 amide bonds. The molecule has 2 aromatic heterocycles. The predicted octanol–water partition coefficient (Wildman–Crippen LogP) is 3.85. The highest BCUT2D eigenvalue weighted by molar-refractivity contribution is 7.99. The van der Waals surface area contributed by atoms with Gasteiger partial charge in [0.25, 0.3) is 5.56 Å². The summed E-state index contributed by atoms with van der Waals surface area (Å²) in [7, 11) is -3.10. The van der Waals surface area contributed by atoms with E-state index in [9.17, 15) is 18.0 Å². The van der Waals surface area contributed by atoms with Crippen molar-refractivity contribution in [1.29, 1.82) is 0 Å². The van der Waals surface area contributed by atoms with Crippen LogP contribution in [0.1, 0.15) is 43.6 Å². The average molecular weight is 562 g/mol. The molecule has 1 fully saturated rings. The van der Waals surface area contributed by atoms with Crippen molar-refractivity contribution >= 4 is 49.1 Å². The van der Waals surface area contributed by atoms with Crippen molar-refractivity contribution in [2.24, 2.45) is 0 Å². The molecule has 0 saturated carbocycles. The SMILES string of the molecule is CCOc1ccc(-n2c(SCC(=O)N(CC)[C@H]3CCS(=O)(=O)C3)nc3sc4c(c3c2=O)CCCC4)cc1. The molecule has 1 saturated heterocycles. The number of aromatic nitrogens is 2. The third-order valence-corrected chi connectivity index (χ3v) is 10.9. The van der Waals surface area contributed by atoms with Gasteiger partial charge in [-0.25, -0.2) is 13.4 Å². The van der Waals surface area contributed by atoms with Crippen LogP contribution in [0.2, 0.25) is 0 Å². The minimum Gasteiger partial charge on any atom is -0.494 e. The molecule has 8 nitrogen and oxygen atoms in total. The molecule has 2 aliphatic rings. The first-order chi connectivity index (χ1) is 17.8. The van der Waals surface area contributed by atoms with E-state index in [2.05, 4.69) is 0 Å². The summed E-state index contributed by atoms with van der Waals surface area (Å²) in [6.07, 6.45) is 4.50. The number of aryl methyl sites for hydroxylation is 2. The lowest BCUT2D eigenvalue weighted by Gasteiger charge is -2.26. The second kappa shape index (κ2) is 10.8. The van der Waals surface area contributed by atoms with Crippen LogP contribution in [-0.2, 0) is 27.5 Å². The smallest absolute Gasteiger partial charge is 0.267 e. The first-order valence-corrected chi connectivity index (χ1v) is 16.4. The van der Waals surface area contributed by atoms with E-state index in [0.717, 1.165) is 41.8 Å². The third kappa shape index (κ3) is 5.31. The lowest BCUT2D eigenvalue weighted by Crippen LogP contribution is -2.42. The Labute approximate surface area is 225 Å². The fraction of sp³-hybridized carbons (Fsp3) is 0.500. The molecular formula is C26H31N3O5S3. The van der Waals surface area contributed by atoms with E-state index >= 15 is 0 Å². The molecule has 1 atom stereocenters. The van der Waals surface area contributed by atoms with Crippen LogP contribution in [0, 0.1) is 0 Å². The van der Waals surface area contributed by atoms with Crippen molar-refractivity contribution in [3.8, 4) is 11.4 Å². The van der Waals surface area contributed by atoms with Gasteiger partial charge in [0.2, 0.25) is 5.91 Å². The Morgan fingerprint density at radius 1 is 1.22 bits per heavy atom. The van der Waals surface area contributed by atoms with Gasteiger partial charge in [-0.3, -0.25) is 14.2 Å². The fourth-order valence-electron chi connectivity index (χ4n) is 5.24. The minimum absolute atomic E-state index is 0.0130. The summed E-state index contributed by atoms with van der Waals surface area (Å²) in [6, 6.07) is 7.05. The summed E-state index contributed by atoms with van der Waals surface area (Å²) in [5.41, 5.74) is 1.68. The summed E-state index contributed by atoms with van der Waals surface area (Å²) >= 11 is 2.81. The number of thiophene rings is 1. The Morgan fingerprint density at radius 2 is 1.97 bits per heavy atom. The number of carbonyl (C=O) groups excluding carboxylic acids is 1. The molecule has 11 heteroatoms. The zero-order chi connectivity index (χ0) is 26.2. The van der Waals surface area contributed by atoms with Crippen LogP contribution in [0.3, 0.4) is 0 Å². The molecule has 0 bridgehead atoms. The molecule has 5 rings (SSSR count). The average Bonchev–Trinajstić information content (AvgIpc) is 3.43. The second-order valence-corrected chi connectivity index (χ2v) is 13.6. The molecule has 3 heterocycles. The largest absolute Gasteiger partial charge is 0.494 e. The van der Waals surface area contributed by atoms with Crippen LogP contribution >= 0.6 is 23.1 Å². The standard InChI is InChI=1S/C26H31N3O5S3/c1-3-28(18-13-14-37(32,33)16-18)22(30)15-35-26-27-24-23(20-7-5-6-8-21(20)36-24)25(31)29(26)17-9-11-19(12-10-17)34-4-2/h9-12,18H,3-8,13-16H2,1-2H3/t18-/m0/s1. The monoisotopic (exact) mass is 561 g/mol. The summed E-state index contributed by atoms with van der Waals surface area (Å²) in [6.45, 7) is 4.77. The summed E-state index contributed by atoms with van der Waals surface area (Å²) in [4.78, 5) is 35.6. The minimum atomic E-state index is -3.10. The maximum atomic E-state index is 13.9. The van der Waals surface area contributed by atoms with Crippen LogP contribution in [-0.4, -0.2) is 65.2 Å². The maximum absolute atomic E-state index is 13.9. The van der Waals surface area contributed by atoms with Gasteiger partial charge in [0, 0.05) is 17.5 Å². The molecule has 37 heavy (non-hydrogen) atoms. The van der Waals surface area contributed by atoms with Gasteiger partial charge in [-0.05, 0) is 75.8 Å². The summed E-state index contributed by atoms with van der Waals surface area (Å²) < 4.78 is 31.1. The van der Waals surface area contributed by atoms with Crippen LogP contribution in [0.15, 0.2) is 34.2 Å². The van der Waals surface area contributed by atoms with Gasteiger partial charge in [0.05, 0.1) is 34.9 Å². The van der Waals surface area contributed by atoms with Crippen molar-refractivity contribution in [2.45, 2.75) is 57.1 Å². The molecular weight excluding hydrogens is 531 g/mol.